The highest BCUT2D eigenvalue weighted by atomic mass is 32.2. The first-order valence-corrected chi connectivity index (χ1v) is 6.92. The average molecular weight is 243 g/mol. The fraction of sp³-hybridized carbons (Fsp3) is 0.600. The van der Waals surface area contributed by atoms with Gasteiger partial charge in [-0.25, -0.2) is 9.78 Å². The molecule has 0 saturated heterocycles. The van der Waals surface area contributed by atoms with E-state index >= 15 is 0 Å². The van der Waals surface area contributed by atoms with Crippen LogP contribution in [0.4, 0.5) is 0 Å². The number of thioether (sulfide) groups is 1. The molecular formula is C10H13NO2S2. The van der Waals surface area contributed by atoms with E-state index in [2.05, 4.69) is 4.98 Å². The van der Waals surface area contributed by atoms with E-state index in [1.54, 1.807) is 0 Å². The van der Waals surface area contributed by atoms with Gasteiger partial charge in [-0.05, 0) is 12.8 Å². The first-order chi connectivity index (χ1) is 7.25. The third kappa shape index (κ3) is 2.95. The van der Waals surface area contributed by atoms with Crippen molar-refractivity contribution in [1.29, 1.82) is 0 Å². The highest BCUT2D eigenvalue weighted by molar-refractivity contribution is 7.99. The van der Waals surface area contributed by atoms with E-state index < -0.39 is 5.97 Å². The molecule has 1 aliphatic rings. The quantitative estimate of drug-likeness (QED) is 0.883. The number of rotatable bonds is 4. The number of thiazole rings is 1. The number of nitrogens with zero attached hydrogens (tertiary/aromatic N) is 1. The molecule has 0 unspecified atom stereocenters. The number of carboxylic acid groups (broad SMARTS) is 1. The van der Waals surface area contributed by atoms with Crippen molar-refractivity contribution in [2.45, 2.75) is 36.7 Å². The van der Waals surface area contributed by atoms with E-state index in [0.29, 0.717) is 4.88 Å². The summed E-state index contributed by atoms with van der Waals surface area (Å²) in [5.74, 6) is -0.00702. The summed E-state index contributed by atoms with van der Waals surface area (Å²) >= 11 is 3.21. The fourth-order valence-corrected chi connectivity index (χ4v) is 3.83. The standard InChI is InChI=1S/C10H13NO2S2/c12-10(13)8-5-11-9(15-8)6-14-7-3-1-2-4-7/h5,7H,1-4,6H2,(H,12,13). The number of aromatic nitrogens is 1. The molecule has 0 bridgehead atoms. The Hall–Kier alpha value is -0.550. The Balaban J connectivity index is 1.84. The lowest BCUT2D eigenvalue weighted by atomic mass is 10.4. The van der Waals surface area contributed by atoms with E-state index in [1.807, 2.05) is 11.8 Å². The first-order valence-electron chi connectivity index (χ1n) is 5.05. The topological polar surface area (TPSA) is 50.2 Å². The number of carbonyl (C=O) groups is 1. The number of aromatic carboxylic acids is 1. The van der Waals surface area contributed by atoms with E-state index in [4.69, 9.17) is 5.11 Å². The predicted molar refractivity (Wildman–Crippen MR) is 62.6 cm³/mol. The minimum Gasteiger partial charge on any atom is -0.477 e. The van der Waals surface area contributed by atoms with Gasteiger partial charge in [-0.2, -0.15) is 11.8 Å². The lowest BCUT2D eigenvalue weighted by Crippen LogP contribution is -1.94. The molecule has 1 saturated carbocycles. The predicted octanol–water partition coefficient (Wildman–Crippen LogP) is 3.02. The van der Waals surface area contributed by atoms with Crippen LogP contribution in [-0.4, -0.2) is 21.3 Å². The number of hydrogen-bond donors (Lipinski definition) is 1. The van der Waals surface area contributed by atoms with Crippen LogP contribution in [-0.2, 0) is 5.75 Å². The van der Waals surface area contributed by atoms with Crippen LogP contribution in [0.2, 0.25) is 0 Å². The Kier molecular flexibility index (Phi) is 3.64. The number of hydrogen-bond acceptors (Lipinski definition) is 4. The molecule has 1 aliphatic carbocycles. The maximum Gasteiger partial charge on any atom is 0.347 e. The van der Waals surface area contributed by atoms with E-state index in [0.717, 1.165) is 16.0 Å². The van der Waals surface area contributed by atoms with Crippen molar-refractivity contribution in [3.63, 3.8) is 0 Å². The lowest BCUT2D eigenvalue weighted by molar-refractivity contribution is 0.0702. The second-order valence-electron chi connectivity index (χ2n) is 3.64. The second kappa shape index (κ2) is 4.99. The Labute approximate surface area is 96.9 Å². The maximum atomic E-state index is 10.6. The summed E-state index contributed by atoms with van der Waals surface area (Å²) in [6, 6.07) is 0. The molecule has 0 aliphatic heterocycles. The van der Waals surface area contributed by atoms with Gasteiger partial charge < -0.3 is 5.11 Å². The normalized spacial score (nSPS) is 17.1. The third-order valence-electron chi connectivity index (χ3n) is 2.51. The minimum atomic E-state index is -0.871. The molecule has 5 heteroatoms. The van der Waals surface area contributed by atoms with Crippen molar-refractivity contribution in [2.75, 3.05) is 0 Å². The molecule has 0 radical (unpaired) electrons. The van der Waals surface area contributed by atoms with Crippen LogP contribution in [0.3, 0.4) is 0 Å². The van der Waals surface area contributed by atoms with Crippen molar-refractivity contribution < 1.29 is 9.90 Å². The SMILES string of the molecule is O=C(O)c1cnc(CSC2CCCC2)s1. The van der Waals surface area contributed by atoms with Crippen LogP contribution < -0.4 is 0 Å². The smallest absolute Gasteiger partial charge is 0.347 e. The van der Waals surface area contributed by atoms with Crippen molar-refractivity contribution in [3.05, 3.63) is 16.1 Å². The first kappa shape index (κ1) is 11.0. The van der Waals surface area contributed by atoms with Gasteiger partial charge >= 0.3 is 5.97 Å². The Morgan fingerprint density at radius 2 is 2.33 bits per heavy atom. The molecular weight excluding hydrogens is 230 g/mol. The molecule has 15 heavy (non-hydrogen) atoms. The summed E-state index contributed by atoms with van der Waals surface area (Å²) < 4.78 is 0. The van der Waals surface area contributed by atoms with Crippen LogP contribution in [0.15, 0.2) is 6.20 Å². The van der Waals surface area contributed by atoms with Crippen molar-refractivity contribution >= 4 is 29.1 Å². The maximum absolute atomic E-state index is 10.6. The van der Waals surface area contributed by atoms with Crippen molar-refractivity contribution in [2.24, 2.45) is 0 Å². The molecule has 82 valence electrons. The molecule has 1 N–H and O–H groups in total. The molecule has 0 atom stereocenters. The van der Waals surface area contributed by atoms with Gasteiger partial charge in [0.25, 0.3) is 0 Å². The van der Waals surface area contributed by atoms with E-state index in [1.165, 1.54) is 43.2 Å². The molecule has 2 rings (SSSR count). The lowest BCUT2D eigenvalue weighted by Gasteiger charge is -2.05. The summed E-state index contributed by atoms with van der Waals surface area (Å²) in [4.78, 5) is 15.1. The monoisotopic (exact) mass is 243 g/mol. The Morgan fingerprint density at radius 1 is 1.60 bits per heavy atom. The molecule has 1 heterocycles. The third-order valence-corrected chi connectivity index (χ3v) is 5.06. The van der Waals surface area contributed by atoms with Crippen LogP contribution in [0.1, 0.15) is 40.4 Å². The Morgan fingerprint density at radius 3 is 2.93 bits per heavy atom. The summed E-state index contributed by atoms with van der Waals surface area (Å²) in [6.45, 7) is 0. The summed E-state index contributed by atoms with van der Waals surface area (Å²) in [5, 5.41) is 10.4. The van der Waals surface area contributed by atoms with Gasteiger partial charge in [0.2, 0.25) is 0 Å². The zero-order valence-electron chi connectivity index (χ0n) is 8.31. The van der Waals surface area contributed by atoms with Gasteiger partial charge in [0.05, 0.1) is 6.20 Å². The van der Waals surface area contributed by atoms with Gasteiger partial charge in [-0.3, -0.25) is 0 Å². The second-order valence-corrected chi connectivity index (χ2v) is 6.04. The molecule has 1 fully saturated rings. The van der Waals surface area contributed by atoms with Gasteiger partial charge in [0, 0.05) is 11.0 Å². The fourth-order valence-electron chi connectivity index (χ4n) is 1.72. The summed E-state index contributed by atoms with van der Waals surface area (Å²) in [6.07, 6.45) is 6.76. The Bertz CT molecular complexity index is 345. The van der Waals surface area contributed by atoms with Gasteiger partial charge in [-0.1, -0.05) is 12.8 Å². The number of carboxylic acids is 1. The summed E-state index contributed by atoms with van der Waals surface area (Å²) in [5.41, 5.74) is 0. The molecule has 0 aromatic carbocycles. The molecule has 1 aromatic heterocycles. The van der Waals surface area contributed by atoms with E-state index in [-0.39, 0.29) is 0 Å². The van der Waals surface area contributed by atoms with Crippen molar-refractivity contribution in [1.82, 2.24) is 4.98 Å². The van der Waals surface area contributed by atoms with Crippen LogP contribution in [0, 0.1) is 0 Å². The summed E-state index contributed by atoms with van der Waals surface area (Å²) in [7, 11) is 0. The molecule has 1 aromatic rings. The minimum absolute atomic E-state index is 0.344. The van der Waals surface area contributed by atoms with Crippen LogP contribution >= 0.6 is 23.1 Å². The van der Waals surface area contributed by atoms with Gasteiger partial charge in [0.1, 0.15) is 9.88 Å². The molecule has 3 nitrogen and oxygen atoms in total. The molecule has 0 spiro atoms. The van der Waals surface area contributed by atoms with Gasteiger partial charge in [0.15, 0.2) is 0 Å². The highest BCUT2D eigenvalue weighted by Crippen LogP contribution is 2.32. The van der Waals surface area contributed by atoms with Gasteiger partial charge in [-0.15, -0.1) is 11.3 Å². The van der Waals surface area contributed by atoms with Crippen molar-refractivity contribution in [3.8, 4) is 0 Å². The van der Waals surface area contributed by atoms with Crippen LogP contribution in [0.25, 0.3) is 0 Å². The highest BCUT2D eigenvalue weighted by Gasteiger charge is 2.16. The zero-order valence-corrected chi connectivity index (χ0v) is 9.94. The largest absolute Gasteiger partial charge is 0.477 e. The van der Waals surface area contributed by atoms with E-state index in [9.17, 15) is 4.79 Å². The molecule has 0 amide bonds. The zero-order chi connectivity index (χ0) is 10.7. The average Bonchev–Trinajstić information content (AvgIpc) is 2.86. The van der Waals surface area contributed by atoms with Crippen LogP contribution in [0.5, 0.6) is 0 Å².